The van der Waals surface area contributed by atoms with Gasteiger partial charge in [-0.1, -0.05) is 82.9 Å². The Kier molecular flexibility index (Phi) is 18.3. The number of rotatable bonds is 9. The molecule has 0 spiro atoms. The third kappa shape index (κ3) is 14.0. The Morgan fingerprint density at radius 1 is 0.673 bits per heavy atom. The molecule has 0 unspecified atom stereocenters. The van der Waals surface area contributed by atoms with E-state index in [1.165, 1.54) is 34.9 Å². The van der Waals surface area contributed by atoms with Crippen LogP contribution in [0.4, 0.5) is 0 Å². The second kappa shape index (κ2) is 21.8. The Morgan fingerprint density at radius 2 is 1.11 bits per heavy atom. The Balaban J connectivity index is 0.000000308. The SMILES string of the molecule is Cc1ccc(O)c(C(=O)O)c1.Cc1cccc(CN2C[C@H](CN)CC2=O)c1.Cc1cccc(CN2C[C@H](CNC(=O)c3cc(C)ccc3O)CC2=O)c1.S.S. The monoisotopic (exact) mass is 790 g/mol. The number of nitrogens with zero attached hydrogens (tertiary/aromatic N) is 2. The molecular formula is C42H54N4O7S2. The molecule has 2 aliphatic rings. The number of nitrogens with two attached hydrogens (primary N) is 1. The van der Waals surface area contributed by atoms with Crippen LogP contribution in [-0.2, 0) is 22.7 Å². The summed E-state index contributed by atoms with van der Waals surface area (Å²) in [6.07, 6.45) is 1.05. The number of carbonyl (C=O) groups is 4. The van der Waals surface area contributed by atoms with Crippen molar-refractivity contribution in [2.24, 2.45) is 17.6 Å². The van der Waals surface area contributed by atoms with Gasteiger partial charge in [-0.15, -0.1) is 0 Å². The highest BCUT2D eigenvalue weighted by atomic mass is 32.1. The van der Waals surface area contributed by atoms with Gasteiger partial charge >= 0.3 is 5.97 Å². The molecule has 4 aromatic carbocycles. The van der Waals surface area contributed by atoms with Crippen LogP contribution < -0.4 is 11.1 Å². The standard InChI is InChI=1S/C21H24N2O3.C13H18N2O.C8H8O3.2H2S/c1-14-4-3-5-16(8-14)12-23-13-17(10-20(23)25)11-22-21(26)18-9-15(2)6-7-19(18)24;1-10-3-2-4-11(5-10)8-15-9-12(7-14)6-13(15)16;1-5-2-3-7(9)6(4-5)8(10)11;;/h3-9,17,24H,10-13H2,1-2H3,(H,22,26);2-5,12H,6-9,14H2,1H3;2-4,9H,1H3,(H,10,11);2*1H2/t17-;12-;;;/m00.../s1. The molecule has 0 bridgehead atoms. The fraction of sp³-hybridized carbons (Fsp3) is 0.333. The van der Waals surface area contributed by atoms with Crippen LogP contribution in [0.2, 0.25) is 0 Å². The van der Waals surface area contributed by atoms with Gasteiger partial charge in [0, 0.05) is 51.5 Å². The molecule has 0 radical (unpaired) electrons. The first-order chi connectivity index (χ1) is 25.2. The number of benzene rings is 4. The fourth-order valence-corrected chi connectivity index (χ4v) is 6.36. The number of nitrogens with one attached hydrogen (secondary N) is 1. The molecule has 55 heavy (non-hydrogen) atoms. The van der Waals surface area contributed by atoms with Gasteiger partial charge in [0.1, 0.15) is 17.1 Å². The van der Waals surface area contributed by atoms with Gasteiger partial charge < -0.3 is 36.2 Å². The maximum absolute atomic E-state index is 12.3. The van der Waals surface area contributed by atoms with Crippen molar-refractivity contribution in [3.8, 4) is 11.5 Å². The Bertz CT molecular complexity index is 1940. The van der Waals surface area contributed by atoms with E-state index >= 15 is 0 Å². The molecule has 2 atom stereocenters. The lowest BCUT2D eigenvalue weighted by molar-refractivity contribution is -0.129. The molecule has 2 heterocycles. The van der Waals surface area contributed by atoms with Crippen LogP contribution in [0.25, 0.3) is 0 Å². The third-order valence-electron chi connectivity index (χ3n) is 9.16. The van der Waals surface area contributed by atoms with Crippen LogP contribution in [-0.4, -0.2) is 75.0 Å². The van der Waals surface area contributed by atoms with Gasteiger partial charge in [0.25, 0.3) is 5.91 Å². The average Bonchev–Trinajstić information content (AvgIpc) is 3.66. The molecule has 11 nitrogen and oxygen atoms in total. The highest BCUT2D eigenvalue weighted by Crippen LogP contribution is 2.23. The number of aromatic hydroxyl groups is 2. The lowest BCUT2D eigenvalue weighted by atomic mass is 10.1. The highest BCUT2D eigenvalue weighted by molar-refractivity contribution is 7.59. The van der Waals surface area contributed by atoms with E-state index in [4.69, 9.17) is 15.9 Å². The van der Waals surface area contributed by atoms with Crippen molar-refractivity contribution < 1.29 is 34.5 Å². The minimum Gasteiger partial charge on any atom is -0.507 e. The van der Waals surface area contributed by atoms with Gasteiger partial charge in [0.2, 0.25) is 11.8 Å². The van der Waals surface area contributed by atoms with Crippen LogP contribution in [0.1, 0.15) is 66.9 Å². The number of likely N-dealkylation sites (tertiary alicyclic amines) is 2. The van der Waals surface area contributed by atoms with Gasteiger partial charge in [0.05, 0.1) is 5.56 Å². The third-order valence-corrected chi connectivity index (χ3v) is 9.16. The van der Waals surface area contributed by atoms with Gasteiger partial charge in [-0.2, -0.15) is 27.0 Å². The van der Waals surface area contributed by atoms with E-state index in [1.54, 1.807) is 25.1 Å². The summed E-state index contributed by atoms with van der Waals surface area (Å²) in [7, 11) is 0. The molecular weight excluding hydrogens is 737 g/mol. The van der Waals surface area contributed by atoms with E-state index < -0.39 is 5.97 Å². The molecule has 6 N–H and O–H groups in total. The zero-order valence-electron chi connectivity index (χ0n) is 31.8. The van der Waals surface area contributed by atoms with E-state index in [0.29, 0.717) is 44.9 Å². The summed E-state index contributed by atoms with van der Waals surface area (Å²) in [6, 6.07) is 25.8. The number of phenolic OH excluding ortho intramolecular Hbond substituents is 1. The number of aromatic carboxylic acids is 1. The number of phenols is 2. The second-order valence-electron chi connectivity index (χ2n) is 14.0. The fourth-order valence-electron chi connectivity index (χ4n) is 6.36. The number of carboxylic acids is 1. The second-order valence-corrected chi connectivity index (χ2v) is 14.0. The minimum absolute atomic E-state index is 0. The van der Waals surface area contributed by atoms with Gasteiger partial charge in [-0.05, 0) is 75.5 Å². The number of hydrogen-bond acceptors (Lipinski definition) is 7. The van der Waals surface area contributed by atoms with Crippen molar-refractivity contribution in [1.29, 1.82) is 0 Å². The van der Waals surface area contributed by atoms with Crippen LogP contribution >= 0.6 is 27.0 Å². The zero-order valence-corrected chi connectivity index (χ0v) is 33.8. The molecule has 6 rings (SSSR count). The van der Waals surface area contributed by atoms with Crippen molar-refractivity contribution in [2.45, 2.75) is 53.6 Å². The summed E-state index contributed by atoms with van der Waals surface area (Å²) in [6.45, 7) is 11.5. The van der Waals surface area contributed by atoms with Crippen molar-refractivity contribution in [3.63, 3.8) is 0 Å². The highest BCUT2D eigenvalue weighted by Gasteiger charge is 2.30. The van der Waals surface area contributed by atoms with Crippen LogP contribution in [0.5, 0.6) is 11.5 Å². The first-order valence-corrected chi connectivity index (χ1v) is 17.7. The van der Waals surface area contributed by atoms with E-state index in [1.807, 2.05) is 47.9 Å². The van der Waals surface area contributed by atoms with E-state index in [0.717, 1.165) is 29.8 Å². The molecule has 3 amide bonds. The number of carbonyl (C=O) groups excluding carboxylic acids is 3. The molecule has 296 valence electrons. The molecule has 0 saturated carbocycles. The molecule has 2 aliphatic heterocycles. The number of aryl methyl sites for hydroxylation is 4. The average molecular weight is 791 g/mol. The largest absolute Gasteiger partial charge is 0.507 e. The topological polar surface area (TPSA) is 174 Å². The Morgan fingerprint density at radius 3 is 1.55 bits per heavy atom. The van der Waals surface area contributed by atoms with Gasteiger partial charge in [0.15, 0.2) is 0 Å². The van der Waals surface area contributed by atoms with Crippen LogP contribution in [0.15, 0.2) is 84.9 Å². The van der Waals surface area contributed by atoms with Crippen molar-refractivity contribution in [2.75, 3.05) is 26.2 Å². The summed E-state index contributed by atoms with van der Waals surface area (Å²) in [5, 5.41) is 30.2. The number of carboxylic acid groups (broad SMARTS) is 1. The van der Waals surface area contributed by atoms with Crippen molar-refractivity contribution >= 4 is 50.7 Å². The molecule has 4 aromatic rings. The van der Waals surface area contributed by atoms with Crippen molar-refractivity contribution in [3.05, 3.63) is 129 Å². The van der Waals surface area contributed by atoms with E-state index in [2.05, 4.69) is 36.5 Å². The number of amides is 3. The minimum atomic E-state index is -1.11. The summed E-state index contributed by atoms with van der Waals surface area (Å²) in [5.41, 5.74) is 12.3. The smallest absolute Gasteiger partial charge is 0.339 e. The summed E-state index contributed by atoms with van der Waals surface area (Å²) < 4.78 is 0. The first kappa shape index (κ1) is 46.2. The van der Waals surface area contributed by atoms with Crippen molar-refractivity contribution in [1.82, 2.24) is 15.1 Å². The molecule has 13 heteroatoms. The molecule has 2 fully saturated rings. The van der Waals surface area contributed by atoms with E-state index in [9.17, 15) is 24.3 Å². The predicted octanol–water partition coefficient (Wildman–Crippen LogP) is 5.71. The summed E-state index contributed by atoms with van der Waals surface area (Å²) >= 11 is 0. The van der Waals surface area contributed by atoms with Gasteiger partial charge in [-0.3, -0.25) is 14.4 Å². The zero-order chi connectivity index (χ0) is 38.7. The predicted molar refractivity (Wildman–Crippen MR) is 224 cm³/mol. The maximum atomic E-state index is 12.3. The van der Waals surface area contributed by atoms with Gasteiger partial charge in [-0.25, -0.2) is 4.79 Å². The van der Waals surface area contributed by atoms with Crippen LogP contribution in [0.3, 0.4) is 0 Å². The Hall–Kier alpha value is -4.98. The Labute approximate surface area is 337 Å². The normalized spacial score (nSPS) is 15.8. The summed E-state index contributed by atoms with van der Waals surface area (Å²) in [5.74, 6) is -0.858. The molecule has 0 aliphatic carbocycles. The molecule has 2 saturated heterocycles. The van der Waals surface area contributed by atoms with Crippen LogP contribution in [0, 0.1) is 39.5 Å². The number of hydrogen-bond donors (Lipinski definition) is 5. The lowest BCUT2D eigenvalue weighted by Crippen LogP contribution is -2.31. The lowest BCUT2D eigenvalue weighted by Gasteiger charge is -2.17. The quantitative estimate of drug-likeness (QED) is 0.143. The summed E-state index contributed by atoms with van der Waals surface area (Å²) in [4.78, 5) is 50.4. The maximum Gasteiger partial charge on any atom is 0.339 e. The molecule has 0 aromatic heterocycles. The first-order valence-electron chi connectivity index (χ1n) is 17.7. The van der Waals surface area contributed by atoms with E-state index in [-0.39, 0.29) is 73.3 Å².